The standard InChI is InChI=1S/C34H65O10P/c1-3-5-7-9-11-12-13-14-15-16-17-18-20-22-24-26-34(38)44-32(30-43-45(39,40)42-28-31(36)27-35)29-41-33(37)25-23-21-19-10-8-6-4-2/h17-18,31-32,35-36H,3-16,19-30H2,1-2H3,(H,39,40)/b18-17+/t31-,32+/m0/s1. The fourth-order valence-electron chi connectivity index (χ4n) is 4.63. The van der Waals surface area contributed by atoms with Crippen LogP contribution in [0, 0.1) is 0 Å². The van der Waals surface area contributed by atoms with E-state index < -0.39 is 51.8 Å². The average Bonchev–Trinajstić information content (AvgIpc) is 3.02. The van der Waals surface area contributed by atoms with Gasteiger partial charge in [0.15, 0.2) is 6.10 Å². The molecule has 0 aliphatic heterocycles. The number of rotatable bonds is 33. The lowest BCUT2D eigenvalue weighted by atomic mass is 10.1. The highest BCUT2D eigenvalue weighted by molar-refractivity contribution is 7.47. The Morgan fingerprint density at radius 3 is 1.64 bits per heavy atom. The van der Waals surface area contributed by atoms with Gasteiger partial charge in [-0.25, -0.2) is 4.57 Å². The number of carbonyl (C=O) groups excluding carboxylic acids is 2. The zero-order valence-electron chi connectivity index (χ0n) is 28.3. The maximum absolute atomic E-state index is 12.5. The number of carbonyl (C=O) groups is 2. The highest BCUT2D eigenvalue weighted by Gasteiger charge is 2.27. The molecule has 0 aliphatic carbocycles. The Morgan fingerprint density at radius 1 is 0.644 bits per heavy atom. The van der Waals surface area contributed by atoms with Gasteiger partial charge in [-0.1, -0.05) is 116 Å². The van der Waals surface area contributed by atoms with Crippen molar-refractivity contribution < 1.29 is 47.8 Å². The number of aliphatic hydroxyl groups excluding tert-OH is 2. The third-order valence-electron chi connectivity index (χ3n) is 7.42. The van der Waals surface area contributed by atoms with Crippen molar-refractivity contribution >= 4 is 19.8 Å². The lowest BCUT2D eigenvalue weighted by Gasteiger charge is -2.20. The van der Waals surface area contributed by atoms with Crippen LogP contribution in [0.25, 0.3) is 0 Å². The van der Waals surface area contributed by atoms with Gasteiger partial charge in [0.25, 0.3) is 0 Å². The summed E-state index contributed by atoms with van der Waals surface area (Å²) in [6.07, 6.45) is 25.0. The van der Waals surface area contributed by atoms with E-state index in [9.17, 15) is 24.2 Å². The number of phosphoric ester groups is 1. The van der Waals surface area contributed by atoms with Crippen molar-refractivity contribution in [3.63, 3.8) is 0 Å². The first-order valence-corrected chi connectivity index (χ1v) is 19.1. The fraction of sp³-hybridized carbons (Fsp3) is 0.882. The minimum Gasteiger partial charge on any atom is -0.462 e. The van der Waals surface area contributed by atoms with Crippen LogP contribution >= 0.6 is 7.82 Å². The molecule has 0 saturated carbocycles. The summed E-state index contributed by atoms with van der Waals surface area (Å²) in [6.45, 7) is 2.28. The Hall–Kier alpha value is -1.29. The molecule has 0 amide bonds. The van der Waals surface area contributed by atoms with Crippen molar-refractivity contribution in [2.45, 2.75) is 167 Å². The van der Waals surface area contributed by atoms with Gasteiger partial charge in [-0.15, -0.1) is 0 Å². The summed E-state index contributed by atoms with van der Waals surface area (Å²) in [5, 5.41) is 18.2. The molecule has 0 radical (unpaired) electrons. The highest BCUT2D eigenvalue weighted by atomic mass is 31.2. The lowest BCUT2D eigenvalue weighted by Crippen LogP contribution is -2.29. The summed E-state index contributed by atoms with van der Waals surface area (Å²) in [4.78, 5) is 34.5. The number of allylic oxidation sites excluding steroid dienone is 2. The number of ether oxygens (including phenoxy) is 2. The van der Waals surface area contributed by atoms with Crippen molar-refractivity contribution in [2.75, 3.05) is 26.4 Å². The zero-order chi connectivity index (χ0) is 33.4. The van der Waals surface area contributed by atoms with E-state index in [1.54, 1.807) is 0 Å². The summed E-state index contributed by atoms with van der Waals surface area (Å²) >= 11 is 0. The van der Waals surface area contributed by atoms with Crippen LogP contribution in [0.5, 0.6) is 0 Å². The Bertz CT molecular complexity index is 776. The molecule has 0 fully saturated rings. The highest BCUT2D eigenvalue weighted by Crippen LogP contribution is 2.43. The second kappa shape index (κ2) is 31.3. The quantitative estimate of drug-likeness (QED) is 0.0272. The predicted octanol–water partition coefficient (Wildman–Crippen LogP) is 8.11. The summed E-state index contributed by atoms with van der Waals surface area (Å²) in [5.41, 5.74) is 0. The molecule has 0 aromatic carbocycles. The first kappa shape index (κ1) is 43.7. The van der Waals surface area contributed by atoms with Crippen LogP contribution in [0.2, 0.25) is 0 Å². The van der Waals surface area contributed by atoms with Crippen LogP contribution in [0.1, 0.15) is 155 Å². The van der Waals surface area contributed by atoms with E-state index in [0.717, 1.165) is 38.5 Å². The van der Waals surface area contributed by atoms with Gasteiger partial charge in [0.1, 0.15) is 12.7 Å². The second-order valence-corrected chi connectivity index (χ2v) is 13.4. The normalized spacial score (nSPS) is 14.3. The van der Waals surface area contributed by atoms with Crippen LogP contribution in [0.15, 0.2) is 12.2 Å². The van der Waals surface area contributed by atoms with Gasteiger partial charge in [-0.2, -0.15) is 0 Å². The van der Waals surface area contributed by atoms with Crippen molar-refractivity contribution in [2.24, 2.45) is 0 Å². The Morgan fingerprint density at radius 2 is 1.09 bits per heavy atom. The van der Waals surface area contributed by atoms with Crippen LogP contribution in [-0.2, 0) is 32.7 Å². The smallest absolute Gasteiger partial charge is 0.462 e. The molecule has 11 heteroatoms. The van der Waals surface area contributed by atoms with Gasteiger partial charge >= 0.3 is 19.8 Å². The van der Waals surface area contributed by atoms with Crippen molar-refractivity contribution in [1.29, 1.82) is 0 Å². The van der Waals surface area contributed by atoms with E-state index in [2.05, 4.69) is 30.5 Å². The molecule has 10 nitrogen and oxygen atoms in total. The SMILES string of the molecule is CCCCCCCCCCC/C=C/CCCCC(=O)O[C@H](COC(=O)CCCCCCCCC)COP(=O)(O)OC[C@@H](O)CO. The Labute approximate surface area is 273 Å². The van der Waals surface area contributed by atoms with Gasteiger partial charge in [-0.3, -0.25) is 18.6 Å². The summed E-state index contributed by atoms with van der Waals surface area (Å²) in [7, 11) is -4.60. The molecule has 3 atom stereocenters. The van der Waals surface area contributed by atoms with Crippen LogP contribution < -0.4 is 0 Å². The minimum absolute atomic E-state index is 0.157. The van der Waals surface area contributed by atoms with Crippen molar-refractivity contribution in [3.8, 4) is 0 Å². The van der Waals surface area contributed by atoms with Crippen molar-refractivity contribution in [3.05, 3.63) is 12.2 Å². The van der Waals surface area contributed by atoms with E-state index in [0.29, 0.717) is 12.8 Å². The van der Waals surface area contributed by atoms with Crippen LogP contribution in [0.4, 0.5) is 0 Å². The molecule has 0 aliphatic rings. The zero-order valence-corrected chi connectivity index (χ0v) is 29.2. The first-order valence-electron chi connectivity index (χ1n) is 17.6. The lowest BCUT2D eigenvalue weighted by molar-refractivity contribution is -0.161. The van der Waals surface area contributed by atoms with Gasteiger partial charge in [0.05, 0.1) is 19.8 Å². The van der Waals surface area contributed by atoms with E-state index in [-0.39, 0.29) is 19.4 Å². The number of unbranched alkanes of at least 4 members (excludes halogenated alkanes) is 17. The Balaban J connectivity index is 4.38. The molecule has 0 spiro atoms. The monoisotopic (exact) mass is 664 g/mol. The third kappa shape index (κ3) is 31.1. The molecule has 0 heterocycles. The summed E-state index contributed by atoms with van der Waals surface area (Å²) in [6, 6.07) is 0. The predicted molar refractivity (Wildman–Crippen MR) is 178 cm³/mol. The first-order chi connectivity index (χ1) is 21.7. The maximum atomic E-state index is 12.5. The van der Waals surface area contributed by atoms with Gasteiger partial charge in [-0.05, 0) is 38.5 Å². The van der Waals surface area contributed by atoms with E-state index >= 15 is 0 Å². The molecule has 3 N–H and O–H groups in total. The maximum Gasteiger partial charge on any atom is 0.472 e. The second-order valence-electron chi connectivity index (χ2n) is 11.9. The Kier molecular flexibility index (Phi) is 30.4. The number of aliphatic hydroxyl groups is 2. The third-order valence-corrected chi connectivity index (χ3v) is 8.37. The van der Waals surface area contributed by atoms with Gasteiger partial charge in [0.2, 0.25) is 0 Å². The summed E-state index contributed by atoms with van der Waals surface area (Å²) < 4.78 is 32.4. The molecule has 0 bridgehead atoms. The summed E-state index contributed by atoms with van der Waals surface area (Å²) in [5.74, 6) is -0.955. The number of hydrogen-bond donors (Lipinski definition) is 3. The van der Waals surface area contributed by atoms with Gasteiger partial charge in [0, 0.05) is 12.8 Å². The average molecular weight is 665 g/mol. The van der Waals surface area contributed by atoms with E-state index in [1.165, 1.54) is 77.0 Å². The molecule has 0 rings (SSSR count). The molecular weight excluding hydrogens is 599 g/mol. The molecule has 266 valence electrons. The van der Waals surface area contributed by atoms with Gasteiger partial charge < -0.3 is 24.6 Å². The van der Waals surface area contributed by atoms with E-state index in [1.807, 2.05) is 0 Å². The number of phosphoric acid groups is 1. The largest absolute Gasteiger partial charge is 0.472 e. The molecule has 45 heavy (non-hydrogen) atoms. The topological polar surface area (TPSA) is 149 Å². The molecule has 1 unspecified atom stereocenters. The van der Waals surface area contributed by atoms with Crippen molar-refractivity contribution in [1.82, 2.24) is 0 Å². The molecular formula is C34H65O10P. The van der Waals surface area contributed by atoms with Crippen LogP contribution in [-0.4, -0.2) is 65.7 Å². The minimum atomic E-state index is -4.60. The molecule has 0 aromatic heterocycles. The number of esters is 2. The fourth-order valence-corrected chi connectivity index (χ4v) is 5.42. The van der Waals surface area contributed by atoms with E-state index in [4.69, 9.17) is 19.1 Å². The molecule has 0 saturated heterocycles. The number of hydrogen-bond acceptors (Lipinski definition) is 9. The molecule has 0 aromatic rings. The van der Waals surface area contributed by atoms with Crippen LogP contribution in [0.3, 0.4) is 0 Å².